The number of carboxylic acids is 1. The van der Waals surface area contributed by atoms with Crippen LogP contribution in [0.2, 0.25) is 0 Å². The first-order valence-corrected chi connectivity index (χ1v) is 7.16. The minimum Gasteiger partial charge on any atom is -0.475 e. The van der Waals surface area contributed by atoms with Gasteiger partial charge in [0.1, 0.15) is 5.82 Å². The number of carboxylic acid groups (broad SMARTS) is 1. The number of alkyl halides is 3. The maximum atomic E-state index is 13.8. The van der Waals surface area contributed by atoms with Gasteiger partial charge >= 0.3 is 12.1 Å². The second-order valence-electron chi connectivity index (χ2n) is 5.53. The molecule has 0 spiro atoms. The van der Waals surface area contributed by atoms with Crippen LogP contribution in [0, 0.1) is 11.2 Å². The van der Waals surface area contributed by atoms with Crippen LogP contribution in [-0.2, 0) is 4.79 Å². The van der Waals surface area contributed by atoms with Gasteiger partial charge in [-0.25, -0.2) is 9.18 Å². The largest absolute Gasteiger partial charge is 0.490 e. The summed E-state index contributed by atoms with van der Waals surface area (Å²) in [6.45, 7) is 2.76. The number of carbonyl (C=O) groups is 1. The Morgan fingerprint density at radius 2 is 1.88 bits per heavy atom. The quantitative estimate of drug-likeness (QED) is 0.383. The lowest BCUT2D eigenvalue weighted by Gasteiger charge is -2.16. The van der Waals surface area contributed by atoms with E-state index in [0.29, 0.717) is 11.9 Å². The Morgan fingerprint density at radius 3 is 2.40 bits per heavy atom. The van der Waals surface area contributed by atoms with Crippen LogP contribution in [-0.4, -0.2) is 29.8 Å². The van der Waals surface area contributed by atoms with Crippen LogP contribution in [0.25, 0.3) is 10.8 Å². The van der Waals surface area contributed by atoms with Crippen LogP contribution in [0.4, 0.5) is 23.2 Å². The van der Waals surface area contributed by atoms with Gasteiger partial charge < -0.3 is 15.7 Å². The van der Waals surface area contributed by atoms with E-state index in [9.17, 15) is 17.6 Å². The third-order valence-corrected chi connectivity index (χ3v) is 3.80. The molecule has 1 aliphatic heterocycles. The summed E-state index contributed by atoms with van der Waals surface area (Å²) in [5.41, 5.74) is 7.59. The molecule has 25 heavy (non-hydrogen) atoms. The minimum atomic E-state index is -5.08. The molecule has 0 saturated heterocycles. The average molecular weight is 357 g/mol. The molecule has 1 unspecified atom stereocenters. The molecule has 0 fully saturated rings. The molecule has 1 heterocycles. The number of fused-ring (bicyclic) bond motifs is 3. The summed E-state index contributed by atoms with van der Waals surface area (Å²) in [5.74, 6) is -2.68. The first kappa shape index (κ1) is 18.5. The van der Waals surface area contributed by atoms with Gasteiger partial charge in [0.25, 0.3) is 0 Å². The lowest BCUT2D eigenvalue weighted by molar-refractivity contribution is -0.192. The van der Waals surface area contributed by atoms with Crippen LogP contribution in [0.3, 0.4) is 0 Å². The summed E-state index contributed by atoms with van der Waals surface area (Å²) in [4.78, 5) is 10.7. The van der Waals surface area contributed by atoms with Gasteiger partial charge in [-0.15, -0.1) is 0 Å². The molecule has 1 aliphatic rings. The van der Waals surface area contributed by atoms with Crippen LogP contribution < -0.4 is 10.6 Å². The Kier molecular flexibility index (Phi) is 4.87. The molecule has 5 nitrogen and oxygen atoms in total. The first-order valence-electron chi connectivity index (χ1n) is 7.16. The van der Waals surface area contributed by atoms with Crippen molar-refractivity contribution in [3.8, 4) is 0 Å². The Hall–Kier alpha value is -2.84. The van der Waals surface area contributed by atoms with Crippen LogP contribution in [0.1, 0.15) is 18.4 Å². The number of hydrogen-bond acceptors (Lipinski definition) is 2. The Morgan fingerprint density at radius 1 is 1.28 bits per heavy atom. The number of guanidine groups is 1. The zero-order chi connectivity index (χ0) is 18.9. The second-order valence-corrected chi connectivity index (χ2v) is 5.53. The van der Waals surface area contributed by atoms with E-state index in [1.165, 1.54) is 6.07 Å². The standard InChI is InChI=1S/C14H14FN3.C2HF3O2/c1-8-7-18(14(16)17)12-6-5-9-10(13(8)12)3-2-4-11(9)15;3-2(4,5)1(6)7/h2-6,8H,7H2,1H3,(H3,16,17);(H,6,7). The van der Waals surface area contributed by atoms with Crippen molar-refractivity contribution in [1.29, 1.82) is 5.41 Å². The van der Waals surface area contributed by atoms with Crippen molar-refractivity contribution in [2.45, 2.75) is 19.0 Å². The molecule has 0 bridgehead atoms. The number of halogens is 4. The monoisotopic (exact) mass is 357 g/mol. The van der Waals surface area contributed by atoms with E-state index in [-0.39, 0.29) is 17.7 Å². The van der Waals surface area contributed by atoms with E-state index in [2.05, 4.69) is 6.92 Å². The maximum Gasteiger partial charge on any atom is 0.490 e. The van der Waals surface area contributed by atoms with Gasteiger partial charge in [0.15, 0.2) is 5.96 Å². The number of benzene rings is 2. The van der Waals surface area contributed by atoms with Crippen molar-refractivity contribution < 1.29 is 27.5 Å². The predicted molar refractivity (Wildman–Crippen MR) is 85.3 cm³/mol. The fourth-order valence-electron chi connectivity index (χ4n) is 2.78. The van der Waals surface area contributed by atoms with Crippen LogP contribution in [0.15, 0.2) is 30.3 Å². The number of hydrogen-bond donors (Lipinski definition) is 3. The molecule has 0 amide bonds. The fraction of sp³-hybridized carbons (Fsp3) is 0.250. The van der Waals surface area contributed by atoms with Gasteiger partial charge in [-0.1, -0.05) is 19.1 Å². The van der Waals surface area contributed by atoms with E-state index in [1.54, 1.807) is 17.0 Å². The lowest BCUT2D eigenvalue weighted by atomic mass is 9.96. The Bertz CT molecular complexity index is 836. The Balaban J connectivity index is 0.000000277. The van der Waals surface area contributed by atoms with E-state index in [1.807, 2.05) is 12.1 Å². The SMILES string of the molecule is CC1CN(C(=N)N)c2ccc3c(F)cccc3c21.O=C(O)C(F)(F)F. The highest BCUT2D eigenvalue weighted by Crippen LogP contribution is 2.41. The third-order valence-electron chi connectivity index (χ3n) is 3.80. The molecule has 4 N–H and O–H groups in total. The molecule has 0 aliphatic carbocycles. The number of nitrogens with two attached hydrogens (primary N) is 1. The van der Waals surface area contributed by atoms with Crippen LogP contribution in [0.5, 0.6) is 0 Å². The van der Waals surface area contributed by atoms with Gasteiger partial charge in [0, 0.05) is 23.5 Å². The molecule has 9 heteroatoms. The fourth-order valence-corrected chi connectivity index (χ4v) is 2.78. The number of aliphatic carboxylic acids is 1. The molecule has 1 atom stereocenters. The van der Waals surface area contributed by atoms with Gasteiger partial charge in [-0.05, 0) is 29.1 Å². The number of nitrogens with zero attached hydrogens (tertiary/aromatic N) is 1. The highest BCUT2D eigenvalue weighted by molar-refractivity contribution is 6.01. The van der Waals surface area contributed by atoms with Gasteiger partial charge in [-0.3, -0.25) is 5.41 Å². The molecule has 2 aromatic carbocycles. The van der Waals surface area contributed by atoms with Crippen molar-refractivity contribution in [3.05, 3.63) is 41.7 Å². The topological polar surface area (TPSA) is 90.4 Å². The highest BCUT2D eigenvalue weighted by Gasteiger charge is 2.38. The van der Waals surface area contributed by atoms with E-state index in [0.717, 1.165) is 16.6 Å². The lowest BCUT2D eigenvalue weighted by Crippen LogP contribution is -2.35. The van der Waals surface area contributed by atoms with E-state index >= 15 is 0 Å². The molecular formula is C16H15F4N3O2. The summed E-state index contributed by atoms with van der Waals surface area (Å²) < 4.78 is 45.5. The van der Waals surface area contributed by atoms with Crippen molar-refractivity contribution in [2.24, 2.45) is 5.73 Å². The zero-order valence-corrected chi connectivity index (χ0v) is 13.1. The van der Waals surface area contributed by atoms with Gasteiger partial charge in [0.05, 0.1) is 0 Å². The molecular weight excluding hydrogens is 342 g/mol. The normalized spacial score (nSPS) is 16.2. The van der Waals surface area contributed by atoms with E-state index in [4.69, 9.17) is 21.0 Å². The minimum absolute atomic E-state index is 0.0383. The summed E-state index contributed by atoms with van der Waals surface area (Å²) in [6.07, 6.45) is -5.08. The number of rotatable bonds is 0. The van der Waals surface area contributed by atoms with Gasteiger partial charge in [-0.2, -0.15) is 13.2 Å². The number of anilines is 1. The molecule has 0 saturated carbocycles. The Labute approximate surface area is 140 Å². The van der Waals surface area contributed by atoms with Crippen molar-refractivity contribution >= 4 is 28.4 Å². The van der Waals surface area contributed by atoms with Gasteiger partial charge in [0.2, 0.25) is 0 Å². The van der Waals surface area contributed by atoms with Crippen molar-refractivity contribution in [2.75, 3.05) is 11.4 Å². The summed E-state index contributed by atoms with van der Waals surface area (Å²) >= 11 is 0. The highest BCUT2D eigenvalue weighted by atomic mass is 19.4. The maximum absolute atomic E-state index is 13.8. The average Bonchev–Trinajstić information content (AvgIpc) is 2.85. The third kappa shape index (κ3) is 3.65. The smallest absolute Gasteiger partial charge is 0.475 e. The molecule has 2 aromatic rings. The molecule has 0 radical (unpaired) electrons. The summed E-state index contributed by atoms with van der Waals surface area (Å²) in [7, 11) is 0. The van der Waals surface area contributed by atoms with Crippen molar-refractivity contribution in [3.63, 3.8) is 0 Å². The second kappa shape index (κ2) is 6.58. The summed E-state index contributed by atoms with van der Waals surface area (Å²) in [6, 6.07) is 8.73. The summed E-state index contributed by atoms with van der Waals surface area (Å²) in [5, 5.41) is 16.3. The van der Waals surface area contributed by atoms with E-state index < -0.39 is 12.1 Å². The first-order chi connectivity index (χ1) is 11.5. The molecule has 134 valence electrons. The van der Waals surface area contributed by atoms with Crippen LogP contribution >= 0.6 is 0 Å². The number of nitrogens with one attached hydrogen (secondary N) is 1. The van der Waals surface area contributed by atoms with Crippen molar-refractivity contribution in [1.82, 2.24) is 0 Å². The zero-order valence-electron chi connectivity index (χ0n) is 13.1. The molecule has 0 aromatic heterocycles. The molecule has 3 rings (SSSR count). The predicted octanol–water partition coefficient (Wildman–Crippen LogP) is 3.43.